The van der Waals surface area contributed by atoms with Crippen LogP contribution in [0.2, 0.25) is 0 Å². The minimum Gasteiger partial charge on any atom is -0.489 e. The van der Waals surface area contributed by atoms with Crippen LogP contribution in [0.4, 0.5) is 5.69 Å². The first-order valence-electron chi connectivity index (χ1n) is 7.60. The third kappa shape index (κ3) is 7.78. The van der Waals surface area contributed by atoms with Crippen molar-refractivity contribution in [3.63, 3.8) is 0 Å². The number of nitrogens with one attached hydrogen (secondary N) is 2. The third-order valence-corrected chi connectivity index (χ3v) is 3.17. The summed E-state index contributed by atoms with van der Waals surface area (Å²) in [7, 11) is 0. The molecule has 120 valence electrons. The summed E-state index contributed by atoms with van der Waals surface area (Å²) in [5.74, 6) is 0.672. The molecule has 0 radical (unpaired) electrons. The summed E-state index contributed by atoms with van der Waals surface area (Å²) in [6.07, 6.45) is 6.48. The molecule has 0 fully saturated rings. The minimum atomic E-state index is -0.0485. The van der Waals surface area contributed by atoms with Gasteiger partial charge in [0.05, 0.1) is 0 Å². The van der Waals surface area contributed by atoms with Crippen molar-refractivity contribution in [2.45, 2.75) is 39.0 Å². The van der Waals surface area contributed by atoms with Gasteiger partial charge in [-0.2, -0.15) is 0 Å². The van der Waals surface area contributed by atoms with Crippen LogP contribution in [-0.2, 0) is 4.79 Å². The molecule has 1 aromatic rings. The van der Waals surface area contributed by atoms with Crippen LogP contribution in [0.3, 0.4) is 0 Å². The number of amides is 1. The molecule has 0 saturated heterocycles. The van der Waals surface area contributed by atoms with Crippen molar-refractivity contribution in [2.75, 3.05) is 11.9 Å². The van der Waals surface area contributed by atoms with E-state index in [-0.39, 0.29) is 5.91 Å². The van der Waals surface area contributed by atoms with Gasteiger partial charge in [-0.15, -0.1) is 0 Å². The molecule has 0 aromatic heterocycles. The van der Waals surface area contributed by atoms with E-state index in [1.165, 1.54) is 0 Å². The normalized spacial score (nSPS) is 9.86. The van der Waals surface area contributed by atoms with Crippen molar-refractivity contribution in [3.8, 4) is 5.75 Å². The smallest absolute Gasteiger partial charge is 0.226 e. The number of hydrogen-bond donors (Lipinski definition) is 2. The van der Waals surface area contributed by atoms with Gasteiger partial charge in [-0.3, -0.25) is 4.79 Å². The van der Waals surface area contributed by atoms with Gasteiger partial charge in [0.1, 0.15) is 12.4 Å². The Labute approximate surface area is 137 Å². The number of anilines is 1. The molecule has 0 aliphatic heterocycles. The highest BCUT2D eigenvalue weighted by atomic mass is 32.1. The van der Waals surface area contributed by atoms with Crippen LogP contribution in [0.15, 0.2) is 36.9 Å². The number of unbranched alkanes of at least 4 members (excludes halogenated alkanes) is 3. The van der Waals surface area contributed by atoms with Gasteiger partial charge in [0, 0.05) is 18.2 Å². The Morgan fingerprint density at radius 2 is 2.18 bits per heavy atom. The fraction of sp³-hybridized carbons (Fsp3) is 0.412. The molecular formula is C17H24N2O2S. The lowest BCUT2D eigenvalue weighted by Crippen LogP contribution is -2.33. The molecule has 1 aromatic carbocycles. The van der Waals surface area contributed by atoms with Crippen LogP contribution in [0.1, 0.15) is 39.0 Å². The highest BCUT2D eigenvalue weighted by Gasteiger charge is 2.05. The summed E-state index contributed by atoms with van der Waals surface area (Å²) in [5.41, 5.74) is 0.776. The van der Waals surface area contributed by atoms with E-state index in [9.17, 15) is 4.79 Å². The predicted molar refractivity (Wildman–Crippen MR) is 95.3 cm³/mol. The van der Waals surface area contributed by atoms with E-state index >= 15 is 0 Å². The maximum absolute atomic E-state index is 11.7. The van der Waals surface area contributed by atoms with Gasteiger partial charge in [0.25, 0.3) is 0 Å². The van der Waals surface area contributed by atoms with Crippen molar-refractivity contribution >= 4 is 28.9 Å². The molecular weight excluding hydrogens is 296 g/mol. The Bertz CT molecular complexity index is 503. The number of ether oxygens (including phenoxy) is 1. The van der Waals surface area contributed by atoms with Gasteiger partial charge in [-0.25, -0.2) is 0 Å². The molecule has 4 nitrogen and oxygen atoms in total. The molecule has 5 heteroatoms. The zero-order chi connectivity index (χ0) is 16.2. The van der Waals surface area contributed by atoms with E-state index in [0.29, 0.717) is 18.1 Å². The summed E-state index contributed by atoms with van der Waals surface area (Å²) in [6, 6.07) is 7.39. The Hall–Kier alpha value is -1.88. The van der Waals surface area contributed by atoms with E-state index < -0.39 is 0 Å². The second kappa shape index (κ2) is 10.8. The van der Waals surface area contributed by atoms with Crippen molar-refractivity contribution in [2.24, 2.45) is 0 Å². The Balaban J connectivity index is 2.37. The van der Waals surface area contributed by atoms with Crippen molar-refractivity contribution in [3.05, 3.63) is 36.9 Å². The maximum atomic E-state index is 11.7. The number of carbonyl (C=O) groups is 1. The average molecular weight is 320 g/mol. The monoisotopic (exact) mass is 320 g/mol. The van der Waals surface area contributed by atoms with E-state index in [0.717, 1.165) is 37.1 Å². The zero-order valence-corrected chi connectivity index (χ0v) is 13.9. The Morgan fingerprint density at radius 1 is 1.36 bits per heavy atom. The van der Waals surface area contributed by atoms with E-state index in [4.69, 9.17) is 17.0 Å². The molecule has 2 N–H and O–H groups in total. The number of rotatable bonds is 9. The van der Waals surface area contributed by atoms with Gasteiger partial charge in [-0.1, -0.05) is 44.9 Å². The zero-order valence-electron chi connectivity index (χ0n) is 13.1. The van der Waals surface area contributed by atoms with Gasteiger partial charge < -0.3 is 15.4 Å². The fourth-order valence-electron chi connectivity index (χ4n) is 1.88. The molecule has 0 heterocycles. The van der Waals surface area contributed by atoms with Gasteiger partial charge in [0.15, 0.2) is 5.11 Å². The molecule has 0 aliphatic rings. The van der Waals surface area contributed by atoms with Crippen LogP contribution in [0.5, 0.6) is 5.75 Å². The fourth-order valence-corrected chi connectivity index (χ4v) is 2.11. The number of benzene rings is 1. The minimum absolute atomic E-state index is 0.0485. The van der Waals surface area contributed by atoms with Crippen molar-refractivity contribution in [1.29, 1.82) is 0 Å². The van der Waals surface area contributed by atoms with Gasteiger partial charge in [0.2, 0.25) is 5.91 Å². The van der Waals surface area contributed by atoms with Crippen molar-refractivity contribution in [1.82, 2.24) is 5.32 Å². The summed E-state index contributed by atoms with van der Waals surface area (Å²) in [6.45, 7) is 6.20. The van der Waals surface area contributed by atoms with Crippen LogP contribution in [0, 0.1) is 0 Å². The Morgan fingerprint density at radius 3 is 2.91 bits per heavy atom. The second-order valence-corrected chi connectivity index (χ2v) is 5.35. The van der Waals surface area contributed by atoms with E-state index in [2.05, 4.69) is 24.1 Å². The number of carbonyl (C=O) groups excluding carboxylic acids is 1. The largest absolute Gasteiger partial charge is 0.489 e. The highest BCUT2D eigenvalue weighted by Crippen LogP contribution is 2.17. The molecule has 0 aliphatic carbocycles. The molecule has 22 heavy (non-hydrogen) atoms. The van der Waals surface area contributed by atoms with E-state index in [1.807, 2.05) is 24.3 Å². The van der Waals surface area contributed by atoms with Gasteiger partial charge in [-0.05, 0) is 30.8 Å². The van der Waals surface area contributed by atoms with E-state index in [1.54, 1.807) is 6.08 Å². The summed E-state index contributed by atoms with van der Waals surface area (Å²) < 4.78 is 5.45. The maximum Gasteiger partial charge on any atom is 0.226 e. The summed E-state index contributed by atoms with van der Waals surface area (Å²) in [5, 5.41) is 5.98. The quantitative estimate of drug-likeness (QED) is 0.410. The Kier molecular flexibility index (Phi) is 8.91. The third-order valence-electron chi connectivity index (χ3n) is 2.97. The highest BCUT2D eigenvalue weighted by molar-refractivity contribution is 7.80. The summed E-state index contributed by atoms with van der Waals surface area (Å²) in [4.78, 5) is 11.7. The lowest BCUT2D eigenvalue weighted by atomic mass is 10.1. The molecule has 0 atom stereocenters. The first kappa shape index (κ1) is 18.2. The number of thiocarbonyl (C=S) groups is 1. The topological polar surface area (TPSA) is 50.4 Å². The molecule has 1 amide bonds. The van der Waals surface area contributed by atoms with Crippen LogP contribution in [0.25, 0.3) is 0 Å². The van der Waals surface area contributed by atoms with Gasteiger partial charge >= 0.3 is 0 Å². The molecule has 1 rings (SSSR count). The first-order valence-corrected chi connectivity index (χ1v) is 8.01. The van der Waals surface area contributed by atoms with Crippen LogP contribution in [-0.4, -0.2) is 17.6 Å². The molecule has 0 saturated carbocycles. The lowest BCUT2D eigenvalue weighted by Gasteiger charge is -2.11. The first-order chi connectivity index (χ1) is 10.7. The van der Waals surface area contributed by atoms with Crippen LogP contribution >= 0.6 is 12.2 Å². The SMILES string of the molecule is C=CCOc1cccc(NC(=S)NC(=O)CCCCCC)c1. The standard InChI is InChI=1S/C17H24N2O2S/c1-3-5-6-7-11-16(20)19-17(22)18-14-9-8-10-15(13-14)21-12-4-2/h4,8-10,13H,2-3,5-7,11-12H2,1H3,(H2,18,19,20,22). The molecule has 0 unspecified atom stereocenters. The van der Waals surface area contributed by atoms with Crippen LogP contribution < -0.4 is 15.4 Å². The predicted octanol–water partition coefficient (Wildman–Crippen LogP) is 4.03. The lowest BCUT2D eigenvalue weighted by molar-refractivity contribution is -0.119. The number of hydrogen-bond acceptors (Lipinski definition) is 3. The molecule has 0 spiro atoms. The average Bonchev–Trinajstić information content (AvgIpc) is 2.49. The van der Waals surface area contributed by atoms with Crippen molar-refractivity contribution < 1.29 is 9.53 Å². The molecule has 0 bridgehead atoms. The summed E-state index contributed by atoms with van der Waals surface area (Å²) >= 11 is 5.14. The second-order valence-electron chi connectivity index (χ2n) is 4.94.